The number of fused-ring (bicyclic) bond motifs is 3. The summed E-state index contributed by atoms with van der Waals surface area (Å²) in [5, 5.41) is 6.91. The van der Waals surface area contributed by atoms with E-state index in [2.05, 4.69) is 64.5 Å². The van der Waals surface area contributed by atoms with Gasteiger partial charge in [-0.25, -0.2) is 0 Å². The summed E-state index contributed by atoms with van der Waals surface area (Å²) in [5.41, 5.74) is 6.70. The zero-order valence-electron chi connectivity index (χ0n) is 17.4. The minimum Gasteiger partial charge on any atom is -0.494 e. The number of hydrogen-bond acceptors (Lipinski definition) is 4. The van der Waals surface area contributed by atoms with Crippen molar-refractivity contribution in [2.24, 2.45) is 5.10 Å². The molecular weight excluding hydrogens is 370 g/mol. The van der Waals surface area contributed by atoms with Gasteiger partial charge in [0.2, 0.25) is 0 Å². The normalized spacial score (nSPS) is 16.6. The molecule has 4 nitrogen and oxygen atoms in total. The van der Waals surface area contributed by atoms with Crippen molar-refractivity contribution in [3.63, 3.8) is 0 Å². The molecule has 2 aliphatic rings. The predicted octanol–water partition coefficient (Wildman–Crippen LogP) is 4.81. The van der Waals surface area contributed by atoms with Gasteiger partial charge in [0, 0.05) is 26.2 Å². The van der Waals surface area contributed by atoms with Crippen molar-refractivity contribution in [2.45, 2.75) is 13.0 Å². The van der Waals surface area contributed by atoms with Crippen molar-refractivity contribution in [1.82, 2.24) is 9.91 Å². The Balaban J connectivity index is 1.28. The van der Waals surface area contributed by atoms with Crippen molar-refractivity contribution in [1.29, 1.82) is 0 Å². The third kappa shape index (κ3) is 3.59. The number of hydrogen-bond donors (Lipinski definition) is 0. The lowest BCUT2D eigenvalue weighted by molar-refractivity contribution is 0.114. The van der Waals surface area contributed by atoms with Crippen LogP contribution in [0.5, 0.6) is 5.75 Å². The molecule has 0 spiro atoms. The summed E-state index contributed by atoms with van der Waals surface area (Å²) in [4.78, 5) is 2.60. The molecule has 1 aliphatic heterocycles. The van der Waals surface area contributed by atoms with Gasteiger partial charge in [0.25, 0.3) is 0 Å². The van der Waals surface area contributed by atoms with E-state index in [1.807, 2.05) is 31.3 Å². The molecule has 1 fully saturated rings. The second kappa shape index (κ2) is 8.33. The number of piperazine rings is 1. The Labute approximate surface area is 178 Å². The Kier molecular flexibility index (Phi) is 5.24. The zero-order valence-corrected chi connectivity index (χ0v) is 17.4. The zero-order chi connectivity index (χ0) is 20.3. The van der Waals surface area contributed by atoms with Crippen LogP contribution in [0.25, 0.3) is 11.1 Å². The molecule has 0 radical (unpaired) electrons. The lowest BCUT2D eigenvalue weighted by atomic mass is 10.0. The first-order chi connectivity index (χ1) is 14.8. The monoisotopic (exact) mass is 397 g/mol. The number of benzene rings is 3. The van der Waals surface area contributed by atoms with Crippen molar-refractivity contribution in [3.8, 4) is 16.9 Å². The lowest BCUT2D eigenvalue weighted by Crippen LogP contribution is -2.45. The standard InChI is InChI=1S/C26H27N3O/c1-2-30-21-9-7-8-20(18-21)19-27-29-16-14-28(15-17-29)26-24-12-5-3-10-22(24)23-11-4-6-13-25(23)26/h3-13,18-19,26H,2,14-17H2,1H3. The molecule has 0 unspecified atom stereocenters. The molecule has 152 valence electrons. The molecule has 0 N–H and O–H groups in total. The fourth-order valence-corrected chi connectivity index (χ4v) is 4.61. The summed E-state index contributed by atoms with van der Waals surface area (Å²) < 4.78 is 5.58. The summed E-state index contributed by atoms with van der Waals surface area (Å²) in [6.07, 6.45) is 1.94. The Morgan fingerprint density at radius 2 is 1.53 bits per heavy atom. The van der Waals surface area contributed by atoms with Gasteiger partial charge >= 0.3 is 0 Å². The van der Waals surface area contributed by atoms with E-state index in [4.69, 9.17) is 9.84 Å². The van der Waals surface area contributed by atoms with E-state index in [0.717, 1.165) is 37.5 Å². The Morgan fingerprint density at radius 1 is 0.867 bits per heavy atom. The van der Waals surface area contributed by atoms with Crippen LogP contribution in [0.4, 0.5) is 0 Å². The molecule has 0 atom stereocenters. The van der Waals surface area contributed by atoms with Gasteiger partial charge in [-0.05, 0) is 46.9 Å². The van der Waals surface area contributed by atoms with E-state index >= 15 is 0 Å². The molecule has 0 aromatic heterocycles. The first-order valence-electron chi connectivity index (χ1n) is 10.8. The number of rotatable bonds is 5. The van der Waals surface area contributed by atoms with Gasteiger partial charge in [-0.2, -0.15) is 5.10 Å². The molecule has 0 saturated carbocycles. The first-order valence-corrected chi connectivity index (χ1v) is 10.8. The fraction of sp³-hybridized carbons (Fsp3) is 0.269. The van der Waals surface area contributed by atoms with Crippen LogP contribution in [0.15, 0.2) is 77.9 Å². The molecule has 30 heavy (non-hydrogen) atoms. The molecule has 1 aliphatic carbocycles. The van der Waals surface area contributed by atoms with Crippen LogP contribution < -0.4 is 4.74 Å². The quantitative estimate of drug-likeness (QED) is 0.579. The average Bonchev–Trinajstić information content (AvgIpc) is 3.13. The van der Waals surface area contributed by atoms with E-state index < -0.39 is 0 Å². The Morgan fingerprint density at radius 3 is 2.20 bits per heavy atom. The summed E-state index contributed by atoms with van der Waals surface area (Å²) in [6, 6.07) is 26.1. The van der Waals surface area contributed by atoms with Gasteiger partial charge < -0.3 is 4.74 Å². The van der Waals surface area contributed by atoms with Gasteiger partial charge in [0.1, 0.15) is 5.75 Å². The van der Waals surface area contributed by atoms with Crippen molar-refractivity contribution >= 4 is 6.21 Å². The topological polar surface area (TPSA) is 28.1 Å². The van der Waals surface area contributed by atoms with Gasteiger partial charge in [0.15, 0.2) is 0 Å². The molecule has 1 heterocycles. The largest absolute Gasteiger partial charge is 0.494 e. The van der Waals surface area contributed by atoms with Crippen LogP contribution in [0.3, 0.4) is 0 Å². The second-order valence-electron chi connectivity index (χ2n) is 7.82. The second-order valence-corrected chi connectivity index (χ2v) is 7.82. The van der Waals surface area contributed by atoms with Crippen LogP contribution in [0.2, 0.25) is 0 Å². The first kappa shape index (κ1) is 18.9. The maximum atomic E-state index is 5.58. The minimum atomic E-state index is 0.353. The molecule has 1 saturated heterocycles. The summed E-state index contributed by atoms with van der Waals surface area (Å²) in [6.45, 7) is 6.55. The van der Waals surface area contributed by atoms with Crippen LogP contribution in [-0.2, 0) is 0 Å². The van der Waals surface area contributed by atoms with Gasteiger partial charge in [-0.15, -0.1) is 0 Å². The Bertz CT molecular complexity index is 1010. The van der Waals surface area contributed by atoms with Crippen molar-refractivity contribution in [2.75, 3.05) is 32.8 Å². The minimum absolute atomic E-state index is 0.353. The predicted molar refractivity (Wildman–Crippen MR) is 122 cm³/mol. The van der Waals surface area contributed by atoms with Gasteiger partial charge in [-0.1, -0.05) is 60.7 Å². The molecule has 3 aromatic carbocycles. The number of ether oxygens (including phenoxy) is 1. The summed E-state index contributed by atoms with van der Waals surface area (Å²) >= 11 is 0. The maximum absolute atomic E-state index is 5.58. The summed E-state index contributed by atoms with van der Waals surface area (Å²) in [7, 11) is 0. The van der Waals surface area contributed by atoms with Crippen molar-refractivity contribution < 1.29 is 4.74 Å². The van der Waals surface area contributed by atoms with E-state index in [-0.39, 0.29) is 0 Å². The molecule has 0 amide bonds. The third-order valence-corrected chi connectivity index (χ3v) is 6.00. The van der Waals surface area contributed by atoms with Crippen molar-refractivity contribution in [3.05, 3.63) is 89.5 Å². The highest BCUT2D eigenvalue weighted by Gasteiger charge is 2.33. The van der Waals surface area contributed by atoms with E-state index in [1.54, 1.807) is 0 Å². The van der Waals surface area contributed by atoms with E-state index in [0.29, 0.717) is 12.6 Å². The fourth-order valence-electron chi connectivity index (χ4n) is 4.61. The van der Waals surface area contributed by atoms with Crippen LogP contribution >= 0.6 is 0 Å². The van der Waals surface area contributed by atoms with Gasteiger partial charge in [0.05, 0.1) is 18.9 Å². The van der Waals surface area contributed by atoms with E-state index in [9.17, 15) is 0 Å². The molecule has 3 aromatic rings. The van der Waals surface area contributed by atoms with E-state index in [1.165, 1.54) is 22.3 Å². The van der Waals surface area contributed by atoms with Crippen LogP contribution in [-0.4, -0.2) is 48.9 Å². The number of nitrogens with zero attached hydrogens (tertiary/aromatic N) is 3. The maximum Gasteiger partial charge on any atom is 0.119 e. The van der Waals surface area contributed by atoms with Gasteiger partial charge in [-0.3, -0.25) is 9.91 Å². The van der Waals surface area contributed by atoms with Crippen LogP contribution in [0, 0.1) is 0 Å². The highest BCUT2D eigenvalue weighted by atomic mass is 16.5. The lowest BCUT2D eigenvalue weighted by Gasteiger charge is -2.37. The molecule has 0 bridgehead atoms. The highest BCUT2D eigenvalue weighted by molar-refractivity contribution is 5.80. The average molecular weight is 398 g/mol. The number of hydrazone groups is 1. The molecule has 4 heteroatoms. The molecular formula is C26H27N3O. The summed E-state index contributed by atoms with van der Waals surface area (Å²) in [5.74, 6) is 0.893. The highest BCUT2D eigenvalue weighted by Crippen LogP contribution is 2.46. The Hall–Kier alpha value is -3.11. The molecule has 5 rings (SSSR count). The SMILES string of the molecule is CCOc1cccc(C=NN2CCN(C3c4ccccc4-c4ccccc43)CC2)c1. The smallest absolute Gasteiger partial charge is 0.119 e. The van der Waals surface area contributed by atoms with Crippen LogP contribution in [0.1, 0.15) is 29.7 Å². The third-order valence-electron chi connectivity index (χ3n) is 6.00.